The Balaban J connectivity index is 2.41. The smallest absolute Gasteiger partial charge is 0.222 e. The van der Waals surface area contributed by atoms with Crippen LogP contribution in [0, 0.1) is 0 Å². The highest BCUT2D eigenvalue weighted by molar-refractivity contribution is 6.30. The molecule has 0 aromatic carbocycles. The van der Waals surface area contributed by atoms with Crippen LogP contribution in [0.25, 0.3) is 0 Å². The number of hydrogen-bond acceptors (Lipinski definition) is 5. The van der Waals surface area contributed by atoms with Gasteiger partial charge in [0.25, 0.3) is 0 Å². The average molecular weight is 246 g/mol. The van der Waals surface area contributed by atoms with E-state index in [2.05, 4.69) is 15.3 Å². The van der Waals surface area contributed by atoms with Crippen LogP contribution in [0.3, 0.4) is 0 Å². The molecule has 1 heterocycles. The van der Waals surface area contributed by atoms with Crippen LogP contribution < -0.4 is 5.32 Å². The maximum Gasteiger partial charge on any atom is 0.222 e. The molecule has 16 heavy (non-hydrogen) atoms. The van der Waals surface area contributed by atoms with Gasteiger partial charge in [-0.3, -0.25) is 0 Å². The van der Waals surface area contributed by atoms with Crippen molar-refractivity contribution in [3.05, 3.63) is 17.4 Å². The average Bonchev–Trinajstić information content (AvgIpc) is 2.26. The van der Waals surface area contributed by atoms with Gasteiger partial charge in [-0.15, -0.1) is 0 Å². The summed E-state index contributed by atoms with van der Waals surface area (Å²) in [4.78, 5) is 7.93. The fourth-order valence-corrected chi connectivity index (χ4v) is 1.18. The highest BCUT2D eigenvalue weighted by Gasteiger charge is 2.19. The minimum Gasteiger partial charge on any atom is -0.388 e. The molecule has 2 N–H and O–H groups in total. The first-order valence-electron chi connectivity index (χ1n) is 4.96. The quantitative estimate of drug-likeness (QED) is 0.792. The van der Waals surface area contributed by atoms with E-state index in [9.17, 15) is 5.11 Å². The first-order valence-corrected chi connectivity index (χ1v) is 5.34. The van der Waals surface area contributed by atoms with E-state index < -0.39 is 5.60 Å². The predicted octanol–water partition coefficient (Wildman–Crippen LogP) is 1.33. The normalized spacial score (nSPS) is 14.5. The maximum atomic E-state index is 9.94. The van der Waals surface area contributed by atoms with Crippen LogP contribution in [0.5, 0.6) is 0 Å². The molecule has 0 aliphatic heterocycles. The van der Waals surface area contributed by atoms with Gasteiger partial charge in [-0.25, -0.2) is 9.97 Å². The molecule has 1 atom stereocenters. The number of aromatic nitrogens is 2. The Morgan fingerprint density at radius 2 is 2.12 bits per heavy atom. The molecule has 0 saturated heterocycles. The lowest BCUT2D eigenvalue weighted by molar-refractivity contribution is 0.0356. The Hall–Kier alpha value is -0.910. The van der Waals surface area contributed by atoms with Crippen molar-refractivity contribution in [3.8, 4) is 0 Å². The predicted molar refractivity (Wildman–Crippen MR) is 62.6 cm³/mol. The Labute approximate surface area is 99.8 Å². The van der Waals surface area contributed by atoms with Crippen LogP contribution in [0.15, 0.2) is 12.4 Å². The molecular weight excluding hydrogens is 230 g/mol. The molecule has 0 radical (unpaired) electrons. The summed E-state index contributed by atoms with van der Waals surface area (Å²) in [6.45, 7) is 2.60. The van der Waals surface area contributed by atoms with Gasteiger partial charge in [0.2, 0.25) is 5.95 Å². The van der Waals surface area contributed by atoms with E-state index in [-0.39, 0.29) is 0 Å². The monoisotopic (exact) mass is 245 g/mol. The maximum absolute atomic E-state index is 9.94. The Morgan fingerprint density at radius 1 is 1.50 bits per heavy atom. The van der Waals surface area contributed by atoms with Crippen molar-refractivity contribution in [1.29, 1.82) is 0 Å². The molecule has 6 heteroatoms. The fourth-order valence-electron chi connectivity index (χ4n) is 1.08. The molecule has 1 rings (SSSR count). The Kier molecular flexibility index (Phi) is 4.92. The van der Waals surface area contributed by atoms with Crippen molar-refractivity contribution < 1.29 is 9.84 Å². The lowest BCUT2D eigenvalue weighted by atomic mass is 10.0. The second-order valence-electron chi connectivity index (χ2n) is 3.82. The molecule has 0 aliphatic rings. The van der Waals surface area contributed by atoms with Gasteiger partial charge < -0.3 is 15.2 Å². The number of aliphatic hydroxyl groups is 1. The minimum absolute atomic E-state index is 0.359. The molecule has 0 fully saturated rings. The van der Waals surface area contributed by atoms with Crippen molar-refractivity contribution in [2.75, 3.05) is 25.6 Å². The lowest BCUT2D eigenvalue weighted by Crippen LogP contribution is -2.35. The van der Waals surface area contributed by atoms with E-state index in [0.717, 1.165) is 0 Å². The zero-order valence-corrected chi connectivity index (χ0v) is 10.2. The number of anilines is 1. The van der Waals surface area contributed by atoms with Crippen molar-refractivity contribution in [2.24, 2.45) is 0 Å². The molecule has 1 unspecified atom stereocenters. The van der Waals surface area contributed by atoms with Crippen molar-refractivity contribution in [1.82, 2.24) is 9.97 Å². The van der Waals surface area contributed by atoms with Gasteiger partial charge in [0.1, 0.15) is 0 Å². The molecule has 5 nitrogen and oxygen atoms in total. The second-order valence-corrected chi connectivity index (χ2v) is 4.25. The molecule has 0 spiro atoms. The van der Waals surface area contributed by atoms with Crippen molar-refractivity contribution in [3.63, 3.8) is 0 Å². The van der Waals surface area contributed by atoms with Crippen LogP contribution in [-0.2, 0) is 4.74 Å². The van der Waals surface area contributed by atoms with E-state index in [1.54, 1.807) is 14.0 Å². The molecule has 1 aromatic heterocycles. The number of rotatable bonds is 6. The molecule has 0 amide bonds. The summed E-state index contributed by atoms with van der Waals surface area (Å²) in [7, 11) is 1.60. The minimum atomic E-state index is -0.848. The van der Waals surface area contributed by atoms with Gasteiger partial charge in [0, 0.05) is 26.7 Å². The number of nitrogens with one attached hydrogen (secondary N) is 1. The third-order valence-electron chi connectivity index (χ3n) is 2.09. The van der Waals surface area contributed by atoms with Crippen LogP contribution >= 0.6 is 11.6 Å². The van der Waals surface area contributed by atoms with Gasteiger partial charge >= 0.3 is 0 Å². The van der Waals surface area contributed by atoms with Crippen LogP contribution in [-0.4, -0.2) is 40.9 Å². The van der Waals surface area contributed by atoms with E-state index in [1.807, 2.05) is 0 Å². The SMILES string of the molecule is COCCC(C)(O)CNc1ncc(Cl)cn1. The molecule has 0 bridgehead atoms. The number of hydrogen-bond donors (Lipinski definition) is 2. The standard InChI is InChI=1S/C10H16ClN3O2/c1-10(15,3-4-16-2)7-14-9-12-5-8(11)6-13-9/h5-6,15H,3-4,7H2,1-2H3,(H,12,13,14). The Bertz CT molecular complexity index is 316. The summed E-state index contributed by atoms with van der Waals surface area (Å²) in [5.74, 6) is 0.446. The van der Waals surface area contributed by atoms with Gasteiger partial charge in [0.15, 0.2) is 0 Å². The molecule has 0 aliphatic carbocycles. The number of ether oxygens (including phenoxy) is 1. The first kappa shape index (κ1) is 13.2. The van der Waals surface area contributed by atoms with E-state index in [1.165, 1.54) is 12.4 Å². The van der Waals surface area contributed by atoms with Gasteiger partial charge in [-0.2, -0.15) is 0 Å². The summed E-state index contributed by atoms with van der Waals surface area (Å²) in [6.07, 6.45) is 3.55. The first-order chi connectivity index (χ1) is 7.53. The third kappa shape index (κ3) is 4.74. The van der Waals surface area contributed by atoms with Crippen LogP contribution in [0.1, 0.15) is 13.3 Å². The van der Waals surface area contributed by atoms with Gasteiger partial charge in [-0.1, -0.05) is 11.6 Å². The van der Waals surface area contributed by atoms with Crippen molar-refractivity contribution in [2.45, 2.75) is 18.9 Å². The zero-order chi connectivity index (χ0) is 12.0. The van der Waals surface area contributed by atoms with Crippen molar-refractivity contribution >= 4 is 17.5 Å². The summed E-state index contributed by atoms with van der Waals surface area (Å²) >= 11 is 5.65. The number of methoxy groups -OCH3 is 1. The lowest BCUT2D eigenvalue weighted by Gasteiger charge is -2.23. The highest BCUT2D eigenvalue weighted by Crippen LogP contribution is 2.11. The summed E-state index contributed by atoms with van der Waals surface area (Å²) < 4.78 is 4.91. The highest BCUT2D eigenvalue weighted by atomic mass is 35.5. The summed E-state index contributed by atoms with van der Waals surface area (Å²) in [6, 6.07) is 0. The number of halogens is 1. The molecule has 90 valence electrons. The van der Waals surface area contributed by atoms with E-state index in [0.29, 0.717) is 30.5 Å². The van der Waals surface area contributed by atoms with Crippen LogP contribution in [0.2, 0.25) is 5.02 Å². The molecule has 0 saturated carbocycles. The van der Waals surface area contributed by atoms with E-state index >= 15 is 0 Å². The number of nitrogens with zero attached hydrogens (tertiary/aromatic N) is 2. The summed E-state index contributed by atoms with van der Waals surface area (Å²) in [5.41, 5.74) is -0.848. The topological polar surface area (TPSA) is 67.3 Å². The zero-order valence-electron chi connectivity index (χ0n) is 9.40. The molecular formula is C10H16ClN3O2. The second kappa shape index (κ2) is 5.98. The van der Waals surface area contributed by atoms with E-state index in [4.69, 9.17) is 16.3 Å². The Morgan fingerprint density at radius 3 is 2.69 bits per heavy atom. The fraction of sp³-hybridized carbons (Fsp3) is 0.600. The summed E-state index contributed by atoms with van der Waals surface area (Å²) in [5, 5.41) is 13.4. The third-order valence-corrected chi connectivity index (χ3v) is 2.29. The van der Waals surface area contributed by atoms with Crippen LogP contribution in [0.4, 0.5) is 5.95 Å². The van der Waals surface area contributed by atoms with Gasteiger partial charge in [0.05, 0.1) is 23.0 Å². The van der Waals surface area contributed by atoms with Gasteiger partial charge in [-0.05, 0) is 6.92 Å². The largest absolute Gasteiger partial charge is 0.388 e. The molecule has 1 aromatic rings.